The van der Waals surface area contributed by atoms with Crippen LogP contribution < -0.4 is 5.32 Å². The zero-order valence-electron chi connectivity index (χ0n) is 14.4. The second-order valence-electron chi connectivity index (χ2n) is 6.63. The van der Waals surface area contributed by atoms with Crippen LogP contribution in [0.5, 0.6) is 0 Å². The van der Waals surface area contributed by atoms with Gasteiger partial charge in [0.2, 0.25) is 0 Å². The van der Waals surface area contributed by atoms with Crippen LogP contribution in [0.25, 0.3) is 0 Å². The van der Waals surface area contributed by atoms with Crippen LogP contribution in [0.2, 0.25) is 0 Å². The molecule has 25 heavy (non-hydrogen) atoms. The minimum absolute atomic E-state index is 0.391. The van der Waals surface area contributed by atoms with Crippen LogP contribution in [-0.2, 0) is 10.9 Å². The number of halogens is 3. The van der Waals surface area contributed by atoms with Crippen LogP contribution in [-0.4, -0.2) is 44.1 Å². The van der Waals surface area contributed by atoms with Crippen LogP contribution in [0, 0.1) is 5.92 Å². The molecule has 2 fully saturated rings. The molecule has 1 aliphatic heterocycles. The third-order valence-electron chi connectivity index (χ3n) is 4.70. The maximum absolute atomic E-state index is 12.9. The quantitative estimate of drug-likeness (QED) is 0.664. The molecule has 0 radical (unpaired) electrons. The number of morpholine rings is 1. The molecular weight excluding hydrogens is 331 g/mol. The molecule has 0 amide bonds. The minimum Gasteiger partial charge on any atom is -0.370 e. The van der Waals surface area contributed by atoms with Gasteiger partial charge in [0.05, 0.1) is 18.7 Å². The van der Waals surface area contributed by atoms with Crippen molar-refractivity contribution in [2.45, 2.75) is 31.5 Å². The molecule has 3 rings (SSSR count). The Kier molecular flexibility index (Phi) is 5.51. The van der Waals surface area contributed by atoms with Crippen molar-refractivity contribution < 1.29 is 17.9 Å². The summed E-state index contributed by atoms with van der Waals surface area (Å²) in [5.41, 5.74) is -0.0920. The van der Waals surface area contributed by atoms with E-state index in [9.17, 15) is 13.2 Å². The highest BCUT2D eigenvalue weighted by atomic mass is 19.4. The van der Waals surface area contributed by atoms with Crippen molar-refractivity contribution in [3.05, 3.63) is 35.4 Å². The third-order valence-corrected chi connectivity index (χ3v) is 4.70. The fourth-order valence-corrected chi connectivity index (χ4v) is 3.09. The van der Waals surface area contributed by atoms with Crippen molar-refractivity contribution in [3.63, 3.8) is 0 Å². The molecule has 1 aromatic rings. The highest BCUT2D eigenvalue weighted by Gasteiger charge is 2.32. The van der Waals surface area contributed by atoms with E-state index in [4.69, 9.17) is 4.74 Å². The first-order valence-electron chi connectivity index (χ1n) is 8.71. The molecule has 7 heteroatoms. The zero-order chi connectivity index (χ0) is 17.9. The number of aliphatic imine (C=N–C) groups is 1. The molecule has 138 valence electrons. The van der Waals surface area contributed by atoms with E-state index in [1.165, 1.54) is 25.0 Å². The van der Waals surface area contributed by atoms with E-state index in [1.807, 2.05) is 0 Å². The molecule has 1 N–H and O–H groups in total. The molecule has 0 aromatic heterocycles. The van der Waals surface area contributed by atoms with Gasteiger partial charge in [0.1, 0.15) is 6.10 Å². The zero-order valence-corrected chi connectivity index (χ0v) is 14.4. The molecule has 1 heterocycles. The van der Waals surface area contributed by atoms with E-state index in [-0.39, 0.29) is 0 Å². The maximum Gasteiger partial charge on any atom is 0.416 e. The lowest BCUT2D eigenvalue weighted by molar-refractivity contribution is -0.137. The van der Waals surface area contributed by atoms with Gasteiger partial charge in [-0.1, -0.05) is 25.0 Å². The fourth-order valence-electron chi connectivity index (χ4n) is 3.09. The van der Waals surface area contributed by atoms with E-state index in [1.54, 1.807) is 13.1 Å². The Morgan fingerprint density at radius 3 is 2.84 bits per heavy atom. The van der Waals surface area contributed by atoms with Gasteiger partial charge in [-0.2, -0.15) is 13.2 Å². The van der Waals surface area contributed by atoms with Gasteiger partial charge in [-0.05, 0) is 30.0 Å². The Labute approximate surface area is 146 Å². The first-order chi connectivity index (χ1) is 12.0. The van der Waals surface area contributed by atoms with E-state index in [0.29, 0.717) is 25.3 Å². The predicted octanol–water partition coefficient (Wildman–Crippen LogP) is 3.45. The first-order valence-corrected chi connectivity index (χ1v) is 8.71. The molecule has 1 saturated carbocycles. The van der Waals surface area contributed by atoms with E-state index in [0.717, 1.165) is 30.9 Å². The van der Waals surface area contributed by atoms with E-state index < -0.39 is 17.8 Å². The minimum atomic E-state index is -4.34. The Morgan fingerprint density at radius 2 is 2.16 bits per heavy atom. The fraction of sp³-hybridized carbons (Fsp3) is 0.611. The lowest BCUT2D eigenvalue weighted by Crippen LogP contribution is -2.48. The second kappa shape index (κ2) is 7.64. The molecule has 4 nitrogen and oxygen atoms in total. The molecule has 2 aliphatic rings. The summed E-state index contributed by atoms with van der Waals surface area (Å²) in [5, 5.41) is 3.36. The SMILES string of the molecule is CN=C(NCCC1CC1)N1CCOC(c2cccc(C(F)(F)F)c2)C1. The van der Waals surface area contributed by atoms with Crippen molar-refractivity contribution in [2.75, 3.05) is 33.3 Å². The molecule has 1 atom stereocenters. The number of benzene rings is 1. The number of ether oxygens (including phenoxy) is 1. The summed E-state index contributed by atoms with van der Waals surface area (Å²) in [6, 6.07) is 5.38. The average molecular weight is 355 g/mol. The number of alkyl halides is 3. The van der Waals surface area contributed by atoms with Crippen molar-refractivity contribution in [1.29, 1.82) is 0 Å². The highest BCUT2D eigenvalue weighted by molar-refractivity contribution is 5.80. The van der Waals surface area contributed by atoms with Crippen molar-refractivity contribution in [2.24, 2.45) is 10.9 Å². The monoisotopic (exact) mass is 355 g/mol. The Bertz CT molecular complexity index is 614. The summed E-state index contributed by atoms with van der Waals surface area (Å²) >= 11 is 0. The number of nitrogens with zero attached hydrogens (tertiary/aromatic N) is 2. The van der Waals surface area contributed by atoms with Gasteiger partial charge in [0.25, 0.3) is 0 Å². The predicted molar refractivity (Wildman–Crippen MR) is 90.4 cm³/mol. The van der Waals surface area contributed by atoms with Crippen molar-refractivity contribution >= 4 is 5.96 Å². The van der Waals surface area contributed by atoms with Gasteiger partial charge < -0.3 is 15.0 Å². The molecular formula is C18H24F3N3O. The second-order valence-corrected chi connectivity index (χ2v) is 6.63. The Hall–Kier alpha value is -1.76. The highest BCUT2D eigenvalue weighted by Crippen LogP contribution is 2.33. The van der Waals surface area contributed by atoms with Gasteiger partial charge >= 0.3 is 6.18 Å². The van der Waals surface area contributed by atoms with E-state index >= 15 is 0 Å². The number of nitrogens with one attached hydrogen (secondary N) is 1. The smallest absolute Gasteiger partial charge is 0.370 e. The van der Waals surface area contributed by atoms with E-state index in [2.05, 4.69) is 15.2 Å². The largest absolute Gasteiger partial charge is 0.416 e. The topological polar surface area (TPSA) is 36.9 Å². The summed E-state index contributed by atoms with van der Waals surface area (Å²) in [4.78, 5) is 6.37. The Balaban J connectivity index is 1.63. The number of guanidine groups is 1. The summed E-state index contributed by atoms with van der Waals surface area (Å²) < 4.78 is 44.5. The molecule has 1 saturated heterocycles. The molecule has 1 unspecified atom stereocenters. The first kappa shape index (κ1) is 18.0. The lowest BCUT2D eigenvalue weighted by Gasteiger charge is -2.35. The van der Waals surface area contributed by atoms with Gasteiger partial charge in [-0.15, -0.1) is 0 Å². The maximum atomic E-state index is 12.9. The molecule has 1 aliphatic carbocycles. The lowest BCUT2D eigenvalue weighted by atomic mass is 10.0. The van der Waals surface area contributed by atoms with Crippen molar-refractivity contribution in [3.8, 4) is 0 Å². The van der Waals surface area contributed by atoms with Gasteiger partial charge in [-0.3, -0.25) is 4.99 Å². The Morgan fingerprint density at radius 1 is 1.36 bits per heavy atom. The number of hydrogen-bond acceptors (Lipinski definition) is 2. The van der Waals surface area contributed by atoms with Crippen molar-refractivity contribution in [1.82, 2.24) is 10.2 Å². The van der Waals surface area contributed by atoms with Crippen LogP contribution in [0.4, 0.5) is 13.2 Å². The molecule has 0 bridgehead atoms. The van der Waals surface area contributed by atoms with Gasteiger partial charge in [0.15, 0.2) is 5.96 Å². The van der Waals surface area contributed by atoms with Crippen LogP contribution in [0.15, 0.2) is 29.3 Å². The summed E-state index contributed by atoms with van der Waals surface area (Å²) in [5.74, 6) is 1.63. The number of rotatable bonds is 4. The normalized spacial score (nSPS) is 22.2. The summed E-state index contributed by atoms with van der Waals surface area (Å²) in [7, 11) is 1.73. The van der Waals surface area contributed by atoms with Crippen LogP contribution in [0.1, 0.15) is 36.5 Å². The van der Waals surface area contributed by atoms with Gasteiger partial charge in [0, 0.05) is 20.1 Å². The summed E-state index contributed by atoms with van der Waals surface area (Å²) in [6.45, 7) is 2.51. The third kappa shape index (κ3) is 4.87. The standard InChI is InChI=1S/C18H24F3N3O/c1-22-17(23-8-7-13-5-6-13)24-9-10-25-16(12-24)14-3-2-4-15(11-14)18(19,20)21/h2-4,11,13,16H,5-10,12H2,1H3,(H,22,23). The number of hydrogen-bond donors (Lipinski definition) is 1. The average Bonchev–Trinajstić information content (AvgIpc) is 3.43. The summed E-state index contributed by atoms with van der Waals surface area (Å²) in [6.07, 6.45) is -0.964. The molecule has 1 aromatic carbocycles. The molecule has 0 spiro atoms. The van der Waals surface area contributed by atoms with Crippen LogP contribution >= 0.6 is 0 Å². The van der Waals surface area contributed by atoms with Gasteiger partial charge in [-0.25, -0.2) is 0 Å². The van der Waals surface area contributed by atoms with Crippen LogP contribution in [0.3, 0.4) is 0 Å².